The van der Waals surface area contributed by atoms with E-state index in [0.29, 0.717) is 12.1 Å². The van der Waals surface area contributed by atoms with Gasteiger partial charge in [-0.3, -0.25) is 9.78 Å². The summed E-state index contributed by atoms with van der Waals surface area (Å²) in [5, 5.41) is 2.90. The van der Waals surface area contributed by atoms with E-state index in [2.05, 4.69) is 10.3 Å². The Bertz CT molecular complexity index is 565. The lowest BCUT2D eigenvalue weighted by Gasteiger charge is -2.10. The molecular formula is C17H20N2O2. The van der Waals surface area contributed by atoms with Gasteiger partial charge in [0.1, 0.15) is 5.75 Å². The fourth-order valence-electron chi connectivity index (χ4n) is 1.93. The van der Waals surface area contributed by atoms with Crippen molar-refractivity contribution in [3.05, 3.63) is 59.9 Å². The van der Waals surface area contributed by atoms with Crippen molar-refractivity contribution in [3.8, 4) is 5.75 Å². The first-order chi connectivity index (χ1) is 10.1. The number of carbonyl (C=O) groups excluding carboxylic acids is 1. The minimum absolute atomic E-state index is 0.0721. The number of hydrogen-bond donors (Lipinski definition) is 1. The monoisotopic (exact) mass is 284 g/mol. The summed E-state index contributed by atoms with van der Waals surface area (Å²) in [4.78, 5) is 15.7. The van der Waals surface area contributed by atoms with E-state index in [9.17, 15) is 4.79 Å². The molecule has 0 saturated carbocycles. The van der Waals surface area contributed by atoms with E-state index >= 15 is 0 Å². The average Bonchev–Trinajstić information content (AvgIpc) is 2.49. The largest absolute Gasteiger partial charge is 0.491 e. The van der Waals surface area contributed by atoms with E-state index in [4.69, 9.17) is 4.74 Å². The molecule has 2 aromatic rings. The number of nitrogens with zero attached hydrogens (tertiary/aromatic N) is 1. The predicted octanol–water partition coefficient (Wildman–Crippen LogP) is 2.84. The first kappa shape index (κ1) is 15.0. The number of hydrogen-bond acceptors (Lipinski definition) is 3. The zero-order valence-electron chi connectivity index (χ0n) is 12.4. The second-order valence-corrected chi connectivity index (χ2v) is 5.05. The van der Waals surface area contributed by atoms with Gasteiger partial charge < -0.3 is 10.1 Å². The zero-order chi connectivity index (χ0) is 15.1. The Morgan fingerprint density at radius 3 is 2.43 bits per heavy atom. The predicted molar refractivity (Wildman–Crippen MR) is 82.5 cm³/mol. The van der Waals surface area contributed by atoms with Crippen molar-refractivity contribution in [2.24, 2.45) is 0 Å². The third-order valence-corrected chi connectivity index (χ3v) is 2.94. The van der Waals surface area contributed by atoms with E-state index < -0.39 is 0 Å². The molecule has 1 amide bonds. The number of aromatic nitrogens is 1. The molecule has 1 heterocycles. The van der Waals surface area contributed by atoms with E-state index in [1.807, 2.05) is 38.1 Å². The normalized spacial score (nSPS) is 10.4. The Labute approximate surface area is 125 Å². The van der Waals surface area contributed by atoms with Gasteiger partial charge >= 0.3 is 0 Å². The maximum absolute atomic E-state index is 11.9. The van der Waals surface area contributed by atoms with Crippen molar-refractivity contribution in [1.29, 1.82) is 0 Å². The van der Waals surface area contributed by atoms with Crippen molar-refractivity contribution in [3.63, 3.8) is 0 Å². The minimum atomic E-state index is -0.0721. The van der Waals surface area contributed by atoms with Gasteiger partial charge in [-0.2, -0.15) is 0 Å². The molecule has 2 rings (SSSR count). The molecule has 0 aliphatic heterocycles. The molecule has 0 radical (unpaired) electrons. The van der Waals surface area contributed by atoms with Crippen molar-refractivity contribution in [1.82, 2.24) is 10.3 Å². The summed E-state index contributed by atoms with van der Waals surface area (Å²) in [5.74, 6) is 0.798. The third kappa shape index (κ3) is 4.91. The van der Waals surface area contributed by atoms with Gasteiger partial charge in [-0.15, -0.1) is 0 Å². The number of nitrogens with one attached hydrogen (secondary N) is 1. The molecule has 0 spiro atoms. The van der Waals surface area contributed by atoms with Crippen molar-refractivity contribution < 1.29 is 9.53 Å². The Kier molecular flexibility index (Phi) is 5.32. The van der Waals surface area contributed by atoms with Crippen molar-refractivity contribution in [2.75, 3.05) is 6.54 Å². The summed E-state index contributed by atoms with van der Waals surface area (Å²) < 4.78 is 5.59. The van der Waals surface area contributed by atoms with Gasteiger partial charge in [-0.25, -0.2) is 0 Å². The second kappa shape index (κ2) is 7.43. The lowest BCUT2D eigenvalue weighted by molar-refractivity contribution is 0.0954. The van der Waals surface area contributed by atoms with Crippen molar-refractivity contribution in [2.45, 2.75) is 26.4 Å². The summed E-state index contributed by atoms with van der Waals surface area (Å²) in [6.45, 7) is 4.61. The molecule has 0 bridgehead atoms. The van der Waals surface area contributed by atoms with Crippen LogP contribution in [0.2, 0.25) is 0 Å². The highest BCUT2D eigenvalue weighted by Gasteiger charge is 2.04. The molecule has 110 valence electrons. The fraction of sp³-hybridized carbons (Fsp3) is 0.294. The van der Waals surface area contributed by atoms with Crippen LogP contribution in [0.4, 0.5) is 0 Å². The number of ether oxygens (including phenoxy) is 1. The fourth-order valence-corrected chi connectivity index (χ4v) is 1.93. The first-order valence-corrected chi connectivity index (χ1v) is 7.09. The summed E-state index contributed by atoms with van der Waals surface area (Å²) in [6.07, 6.45) is 4.19. The topological polar surface area (TPSA) is 51.2 Å². The summed E-state index contributed by atoms with van der Waals surface area (Å²) in [7, 11) is 0. The van der Waals surface area contributed by atoms with Gasteiger partial charge in [-0.1, -0.05) is 12.1 Å². The van der Waals surface area contributed by atoms with E-state index in [1.54, 1.807) is 24.5 Å². The molecule has 0 fully saturated rings. The maximum atomic E-state index is 11.9. The Morgan fingerprint density at radius 1 is 1.14 bits per heavy atom. The minimum Gasteiger partial charge on any atom is -0.491 e. The number of rotatable bonds is 6. The van der Waals surface area contributed by atoms with E-state index in [-0.39, 0.29) is 12.0 Å². The van der Waals surface area contributed by atoms with Crippen LogP contribution in [0.25, 0.3) is 0 Å². The van der Waals surface area contributed by atoms with E-state index in [1.165, 1.54) is 5.56 Å². The van der Waals surface area contributed by atoms with Crippen LogP contribution < -0.4 is 10.1 Å². The van der Waals surface area contributed by atoms with Crippen LogP contribution >= 0.6 is 0 Å². The van der Waals surface area contributed by atoms with Gasteiger partial charge in [0.2, 0.25) is 0 Å². The quantitative estimate of drug-likeness (QED) is 0.887. The van der Waals surface area contributed by atoms with Gasteiger partial charge in [0.05, 0.1) is 6.10 Å². The van der Waals surface area contributed by atoms with Crippen LogP contribution in [0, 0.1) is 0 Å². The standard InChI is InChI=1S/C17H20N2O2/c1-13(2)21-16-5-3-14(4-6-16)7-12-19-17(20)15-8-10-18-11-9-15/h3-6,8-11,13H,7,12H2,1-2H3,(H,19,20). The number of carbonyl (C=O) groups is 1. The van der Waals surface area contributed by atoms with Crippen LogP contribution in [0.5, 0.6) is 5.75 Å². The molecule has 21 heavy (non-hydrogen) atoms. The SMILES string of the molecule is CC(C)Oc1ccc(CCNC(=O)c2ccncc2)cc1. The lowest BCUT2D eigenvalue weighted by Crippen LogP contribution is -2.25. The first-order valence-electron chi connectivity index (χ1n) is 7.09. The second-order valence-electron chi connectivity index (χ2n) is 5.05. The molecule has 4 heteroatoms. The molecule has 4 nitrogen and oxygen atoms in total. The van der Waals surface area contributed by atoms with Gasteiger partial charge in [-0.05, 0) is 50.1 Å². The van der Waals surface area contributed by atoms with Crippen molar-refractivity contribution >= 4 is 5.91 Å². The number of benzene rings is 1. The molecule has 0 aliphatic carbocycles. The highest BCUT2D eigenvalue weighted by molar-refractivity contribution is 5.93. The third-order valence-electron chi connectivity index (χ3n) is 2.94. The van der Waals surface area contributed by atoms with E-state index in [0.717, 1.165) is 12.2 Å². The summed E-state index contributed by atoms with van der Waals surface area (Å²) in [5.41, 5.74) is 1.80. The van der Waals surface area contributed by atoms with Crippen LogP contribution in [0.3, 0.4) is 0 Å². The van der Waals surface area contributed by atoms with Gasteiger partial charge in [0.25, 0.3) is 5.91 Å². The molecule has 0 unspecified atom stereocenters. The molecule has 0 saturated heterocycles. The van der Waals surface area contributed by atoms with Gasteiger partial charge in [0, 0.05) is 24.5 Å². The molecule has 1 aromatic carbocycles. The summed E-state index contributed by atoms with van der Waals surface area (Å²) >= 11 is 0. The zero-order valence-corrected chi connectivity index (χ0v) is 12.4. The molecule has 1 N–H and O–H groups in total. The lowest BCUT2D eigenvalue weighted by atomic mass is 10.1. The number of amides is 1. The summed E-state index contributed by atoms with van der Waals surface area (Å²) in [6, 6.07) is 11.4. The maximum Gasteiger partial charge on any atom is 0.251 e. The average molecular weight is 284 g/mol. The van der Waals surface area contributed by atoms with Crippen LogP contribution in [-0.2, 0) is 6.42 Å². The van der Waals surface area contributed by atoms with Crippen LogP contribution in [0.1, 0.15) is 29.8 Å². The molecule has 0 aliphatic rings. The Morgan fingerprint density at radius 2 is 1.81 bits per heavy atom. The number of pyridine rings is 1. The smallest absolute Gasteiger partial charge is 0.251 e. The molecule has 1 aromatic heterocycles. The highest BCUT2D eigenvalue weighted by atomic mass is 16.5. The Balaban J connectivity index is 1.79. The Hall–Kier alpha value is -2.36. The highest BCUT2D eigenvalue weighted by Crippen LogP contribution is 2.13. The van der Waals surface area contributed by atoms with Crippen LogP contribution in [0.15, 0.2) is 48.8 Å². The molecule has 0 atom stereocenters. The van der Waals surface area contributed by atoms with Crippen LogP contribution in [-0.4, -0.2) is 23.5 Å². The van der Waals surface area contributed by atoms with Gasteiger partial charge in [0.15, 0.2) is 0 Å². The molecular weight excluding hydrogens is 264 g/mol.